The highest BCUT2D eigenvalue weighted by Gasteiger charge is 2.34. The van der Waals surface area contributed by atoms with Gasteiger partial charge in [-0.3, -0.25) is 4.79 Å². The van der Waals surface area contributed by atoms with Gasteiger partial charge in [-0.25, -0.2) is 13.2 Å². The van der Waals surface area contributed by atoms with Gasteiger partial charge in [0.2, 0.25) is 15.7 Å². The number of anilines is 1. The minimum Gasteiger partial charge on any atom is -0.328 e. The molecule has 31 heavy (non-hydrogen) atoms. The van der Waals surface area contributed by atoms with Gasteiger partial charge in [-0.1, -0.05) is 44.2 Å². The van der Waals surface area contributed by atoms with Crippen molar-refractivity contribution in [2.75, 3.05) is 11.4 Å². The predicted molar refractivity (Wildman–Crippen MR) is 120 cm³/mol. The third kappa shape index (κ3) is 4.78. The molecule has 0 aliphatic carbocycles. The van der Waals surface area contributed by atoms with E-state index in [1.54, 1.807) is 47.4 Å². The van der Waals surface area contributed by atoms with Crippen molar-refractivity contribution in [1.29, 1.82) is 0 Å². The lowest BCUT2D eigenvalue weighted by Crippen LogP contribution is -2.26. The van der Waals surface area contributed by atoms with E-state index >= 15 is 0 Å². The van der Waals surface area contributed by atoms with E-state index in [4.69, 9.17) is 5.73 Å². The molecule has 0 aromatic heterocycles. The highest BCUT2D eigenvalue weighted by Crippen LogP contribution is 2.31. The molecule has 2 N–H and O–H groups in total. The molecule has 0 fully saturated rings. The summed E-state index contributed by atoms with van der Waals surface area (Å²) in [6.45, 7) is 5.88. The SMILES string of the molecule is CC(=O)N1CCc2cc(S(=O)(=O)C3=NC(=O)N=C3c3ccccc3)ccc21.CC(C)N. The van der Waals surface area contributed by atoms with Gasteiger partial charge in [-0.2, -0.15) is 9.98 Å². The lowest BCUT2D eigenvalue weighted by molar-refractivity contribution is -0.116. The summed E-state index contributed by atoms with van der Waals surface area (Å²) in [6, 6.07) is 12.7. The Morgan fingerprint density at radius 2 is 1.74 bits per heavy atom. The Labute approximate surface area is 181 Å². The summed E-state index contributed by atoms with van der Waals surface area (Å²) in [5.41, 5.74) is 7.15. The Morgan fingerprint density at radius 1 is 1.10 bits per heavy atom. The largest absolute Gasteiger partial charge is 0.369 e. The van der Waals surface area contributed by atoms with Crippen molar-refractivity contribution in [2.45, 2.75) is 38.1 Å². The number of rotatable bonds is 2. The van der Waals surface area contributed by atoms with Crippen molar-refractivity contribution in [3.8, 4) is 0 Å². The first-order valence-electron chi connectivity index (χ1n) is 9.80. The van der Waals surface area contributed by atoms with Crippen molar-refractivity contribution in [3.05, 3.63) is 59.7 Å². The van der Waals surface area contributed by atoms with Gasteiger partial charge >= 0.3 is 6.03 Å². The van der Waals surface area contributed by atoms with Gasteiger partial charge in [0.1, 0.15) is 5.71 Å². The molecule has 0 saturated carbocycles. The molecule has 2 aromatic rings. The molecule has 0 radical (unpaired) electrons. The van der Waals surface area contributed by atoms with Crippen molar-refractivity contribution in [2.24, 2.45) is 15.7 Å². The van der Waals surface area contributed by atoms with E-state index < -0.39 is 15.9 Å². The number of fused-ring (bicyclic) bond motifs is 1. The third-order valence-corrected chi connectivity index (χ3v) is 6.21. The van der Waals surface area contributed by atoms with Gasteiger partial charge in [0.15, 0.2) is 5.04 Å². The highest BCUT2D eigenvalue weighted by molar-refractivity contribution is 8.08. The van der Waals surface area contributed by atoms with Crippen molar-refractivity contribution in [1.82, 2.24) is 0 Å². The molecular formula is C22H24N4O4S. The maximum Gasteiger partial charge on any atom is 0.369 e. The summed E-state index contributed by atoms with van der Waals surface area (Å²) in [6.07, 6.45) is 0.573. The summed E-state index contributed by atoms with van der Waals surface area (Å²) >= 11 is 0. The summed E-state index contributed by atoms with van der Waals surface area (Å²) in [5.74, 6) is -0.0892. The second-order valence-corrected chi connectivity index (χ2v) is 9.35. The van der Waals surface area contributed by atoms with E-state index in [1.807, 2.05) is 13.8 Å². The molecule has 2 aromatic carbocycles. The Kier molecular flexibility index (Phi) is 6.47. The van der Waals surface area contributed by atoms with Crippen molar-refractivity contribution < 1.29 is 18.0 Å². The predicted octanol–water partition coefficient (Wildman–Crippen LogP) is 2.74. The molecule has 2 aliphatic heterocycles. The van der Waals surface area contributed by atoms with Crippen LogP contribution in [0.15, 0.2) is 63.4 Å². The minimum absolute atomic E-state index is 0.0312. The van der Waals surface area contributed by atoms with Crippen LogP contribution < -0.4 is 10.6 Å². The Balaban J connectivity index is 0.000000628. The molecule has 4 rings (SSSR count). The number of carbonyl (C=O) groups is 2. The number of benzene rings is 2. The zero-order valence-electron chi connectivity index (χ0n) is 17.6. The molecule has 2 heterocycles. The van der Waals surface area contributed by atoms with Gasteiger partial charge in [0.05, 0.1) is 4.90 Å². The maximum atomic E-state index is 13.1. The number of hydrogen-bond donors (Lipinski definition) is 1. The molecule has 0 bridgehead atoms. The Bertz CT molecular complexity index is 1180. The topological polar surface area (TPSA) is 122 Å². The molecule has 0 atom stereocenters. The number of hydrogen-bond acceptors (Lipinski definition) is 5. The summed E-state index contributed by atoms with van der Waals surface area (Å²) in [5, 5.41) is -0.347. The van der Waals surface area contributed by atoms with E-state index in [0.717, 1.165) is 5.56 Å². The summed E-state index contributed by atoms with van der Waals surface area (Å²) < 4.78 is 26.3. The monoisotopic (exact) mass is 440 g/mol. The van der Waals surface area contributed by atoms with Crippen molar-refractivity contribution in [3.63, 3.8) is 0 Å². The van der Waals surface area contributed by atoms with Crippen LogP contribution in [0.4, 0.5) is 10.5 Å². The van der Waals surface area contributed by atoms with Gasteiger partial charge in [-0.15, -0.1) is 0 Å². The first-order valence-corrected chi connectivity index (χ1v) is 11.3. The molecule has 3 amide bonds. The standard InChI is InChI=1S/C19H15N3O4S.C3H9N/c1-12(23)22-10-9-14-11-15(7-8-16(14)22)27(25,26)18-17(20-19(24)21-18)13-5-3-2-4-6-13;1-3(2)4/h2-8,11H,9-10H2,1H3;3H,4H2,1-2H3. The van der Waals surface area contributed by atoms with Crippen LogP contribution >= 0.6 is 0 Å². The van der Waals surface area contributed by atoms with Crippen LogP contribution in [-0.2, 0) is 21.1 Å². The number of aliphatic imine (C=N–C) groups is 2. The average molecular weight is 441 g/mol. The zero-order valence-corrected chi connectivity index (χ0v) is 18.4. The number of sulfone groups is 1. The van der Waals surface area contributed by atoms with Crippen LogP contribution in [0.3, 0.4) is 0 Å². The molecule has 162 valence electrons. The normalized spacial score (nSPS) is 15.3. The van der Waals surface area contributed by atoms with E-state index in [2.05, 4.69) is 9.98 Å². The molecule has 8 nitrogen and oxygen atoms in total. The molecule has 0 unspecified atom stereocenters. The molecule has 0 saturated heterocycles. The van der Waals surface area contributed by atoms with E-state index in [9.17, 15) is 18.0 Å². The van der Waals surface area contributed by atoms with Crippen LogP contribution in [0.1, 0.15) is 31.9 Å². The van der Waals surface area contributed by atoms with Crippen molar-refractivity contribution >= 4 is 38.2 Å². The number of nitrogens with zero attached hydrogens (tertiary/aromatic N) is 3. The zero-order chi connectivity index (χ0) is 22.8. The van der Waals surface area contributed by atoms with Crippen LogP contribution in [0.2, 0.25) is 0 Å². The van der Waals surface area contributed by atoms with Gasteiger partial charge in [0.25, 0.3) is 0 Å². The molecule has 2 aliphatic rings. The fourth-order valence-electron chi connectivity index (χ4n) is 3.26. The Morgan fingerprint density at radius 3 is 2.35 bits per heavy atom. The average Bonchev–Trinajstić information content (AvgIpc) is 3.31. The molecule has 0 spiro atoms. The first-order chi connectivity index (χ1) is 14.6. The second kappa shape index (κ2) is 8.91. The highest BCUT2D eigenvalue weighted by atomic mass is 32.2. The number of nitrogens with two attached hydrogens (primary N) is 1. The van der Waals surface area contributed by atoms with Gasteiger partial charge in [-0.05, 0) is 36.2 Å². The second-order valence-electron chi connectivity index (χ2n) is 7.48. The van der Waals surface area contributed by atoms with Gasteiger partial charge < -0.3 is 10.6 Å². The van der Waals surface area contributed by atoms with Crippen LogP contribution in [-0.4, -0.2) is 43.7 Å². The lowest BCUT2D eigenvalue weighted by Gasteiger charge is -2.15. The fourth-order valence-corrected chi connectivity index (χ4v) is 4.65. The van der Waals surface area contributed by atoms with E-state index in [-0.39, 0.29) is 21.6 Å². The number of amides is 3. The van der Waals surface area contributed by atoms with Crippen LogP contribution in [0, 0.1) is 0 Å². The molecule has 9 heteroatoms. The smallest absolute Gasteiger partial charge is 0.328 e. The fraction of sp³-hybridized carbons (Fsp3) is 0.273. The van der Waals surface area contributed by atoms with Crippen LogP contribution in [0.25, 0.3) is 0 Å². The maximum absolute atomic E-state index is 13.1. The van der Waals surface area contributed by atoms with Gasteiger partial charge in [0, 0.05) is 24.7 Å². The quantitative estimate of drug-likeness (QED) is 0.769. The summed E-state index contributed by atoms with van der Waals surface area (Å²) in [7, 11) is -4.03. The lowest BCUT2D eigenvalue weighted by atomic mass is 10.1. The van der Waals surface area contributed by atoms with Crippen LogP contribution in [0.5, 0.6) is 0 Å². The third-order valence-electron chi connectivity index (χ3n) is 4.55. The number of urea groups is 1. The number of carbonyl (C=O) groups excluding carboxylic acids is 2. The van der Waals surface area contributed by atoms with E-state index in [1.165, 1.54) is 13.0 Å². The molecular weight excluding hydrogens is 416 g/mol. The minimum atomic E-state index is -4.03. The Hall–Kier alpha value is -3.17. The summed E-state index contributed by atoms with van der Waals surface area (Å²) in [4.78, 5) is 32.5. The first kappa shape index (κ1) is 22.5. The van der Waals surface area contributed by atoms with E-state index in [0.29, 0.717) is 30.3 Å².